The number of hydroxylamine groups is 2. The summed E-state index contributed by atoms with van der Waals surface area (Å²) in [5, 5.41) is 1.84. The molecule has 4 atom stereocenters. The Bertz CT molecular complexity index is 1480. The standard InChI is InChI=1S/C34H34N4O5/c39-32-30(35-36-34(40)42-22-26-15-7-2-8-16-26)31(29-24-41-33(38(29)32)28-19-11-4-12-20-28)37(21-25-13-5-1-6-14-25)43-23-27-17-9-3-10-18-27/h1-20,29-31,33,35H,21-24H2,(H,36,40)/t29-,30+,31-,33-/m1/s1. The van der Waals surface area contributed by atoms with E-state index in [1.54, 1.807) is 4.90 Å². The van der Waals surface area contributed by atoms with Crippen LogP contribution in [0.25, 0.3) is 0 Å². The van der Waals surface area contributed by atoms with Crippen molar-refractivity contribution in [1.29, 1.82) is 0 Å². The predicted octanol–water partition coefficient (Wildman–Crippen LogP) is 4.73. The van der Waals surface area contributed by atoms with E-state index in [0.29, 0.717) is 19.8 Å². The molecular formula is C34H34N4O5. The molecule has 43 heavy (non-hydrogen) atoms. The second-order valence-electron chi connectivity index (χ2n) is 10.5. The molecule has 4 aromatic rings. The Morgan fingerprint density at radius 2 is 1.35 bits per heavy atom. The molecule has 2 fully saturated rings. The summed E-state index contributed by atoms with van der Waals surface area (Å²) in [6.45, 7) is 1.15. The van der Waals surface area contributed by atoms with Crippen LogP contribution in [0.2, 0.25) is 0 Å². The number of benzene rings is 4. The first-order valence-electron chi connectivity index (χ1n) is 14.4. The topological polar surface area (TPSA) is 92.4 Å². The summed E-state index contributed by atoms with van der Waals surface area (Å²) in [5.74, 6) is -0.203. The van der Waals surface area contributed by atoms with Gasteiger partial charge in [-0.25, -0.2) is 10.2 Å². The fourth-order valence-corrected chi connectivity index (χ4v) is 5.60. The Morgan fingerprint density at radius 3 is 1.98 bits per heavy atom. The van der Waals surface area contributed by atoms with Crippen molar-refractivity contribution in [2.45, 2.75) is 44.1 Å². The first-order valence-corrected chi connectivity index (χ1v) is 14.4. The molecule has 2 aliphatic heterocycles. The normalized spacial score (nSPS) is 21.1. The molecule has 0 radical (unpaired) electrons. The number of rotatable bonds is 11. The van der Waals surface area contributed by atoms with Crippen molar-refractivity contribution in [2.75, 3.05) is 6.61 Å². The number of carbonyl (C=O) groups is 2. The SMILES string of the molecule is O=C(NN[C@@H]1C(=O)N2[C@@H](c3ccccc3)OC[C@@H]2[C@H]1N(Cc1ccccc1)OCc1ccccc1)OCc1ccccc1. The van der Waals surface area contributed by atoms with Crippen LogP contribution in [0.5, 0.6) is 0 Å². The van der Waals surface area contributed by atoms with E-state index in [-0.39, 0.29) is 18.6 Å². The summed E-state index contributed by atoms with van der Waals surface area (Å²) in [5.41, 5.74) is 9.36. The van der Waals surface area contributed by atoms with Crippen molar-refractivity contribution >= 4 is 12.0 Å². The largest absolute Gasteiger partial charge is 0.444 e. The lowest BCUT2D eigenvalue weighted by Gasteiger charge is -2.33. The highest BCUT2D eigenvalue weighted by atomic mass is 16.7. The smallest absolute Gasteiger partial charge is 0.421 e. The number of ether oxygens (including phenoxy) is 2. The van der Waals surface area contributed by atoms with E-state index in [1.165, 1.54) is 0 Å². The molecule has 4 aromatic carbocycles. The van der Waals surface area contributed by atoms with Gasteiger partial charge >= 0.3 is 6.09 Å². The maximum atomic E-state index is 14.1. The van der Waals surface area contributed by atoms with Gasteiger partial charge in [0.05, 0.1) is 25.3 Å². The van der Waals surface area contributed by atoms with E-state index in [9.17, 15) is 9.59 Å². The van der Waals surface area contributed by atoms with Crippen LogP contribution in [0, 0.1) is 0 Å². The van der Waals surface area contributed by atoms with E-state index < -0.39 is 24.4 Å². The van der Waals surface area contributed by atoms with E-state index in [1.807, 2.05) is 126 Å². The third-order valence-corrected chi connectivity index (χ3v) is 7.67. The van der Waals surface area contributed by atoms with Gasteiger partial charge in [0.25, 0.3) is 0 Å². The minimum absolute atomic E-state index is 0.107. The van der Waals surface area contributed by atoms with Gasteiger partial charge in [-0.2, -0.15) is 5.06 Å². The molecule has 6 rings (SSSR count). The zero-order chi connectivity index (χ0) is 29.4. The molecule has 0 saturated carbocycles. The molecule has 2 amide bonds. The summed E-state index contributed by atoms with van der Waals surface area (Å²) in [7, 11) is 0. The van der Waals surface area contributed by atoms with E-state index >= 15 is 0 Å². The van der Waals surface area contributed by atoms with Crippen LogP contribution in [-0.4, -0.2) is 46.7 Å². The first kappa shape index (κ1) is 28.6. The number of amides is 2. The summed E-state index contributed by atoms with van der Waals surface area (Å²) < 4.78 is 11.6. The lowest BCUT2D eigenvalue weighted by atomic mass is 10.0. The summed E-state index contributed by atoms with van der Waals surface area (Å²) in [6, 6.07) is 37.3. The van der Waals surface area contributed by atoms with Crippen molar-refractivity contribution in [2.24, 2.45) is 0 Å². The molecule has 2 saturated heterocycles. The van der Waals surface area contributed by atoms with Gasteiger partial charge in [-0.1, -0.05) is 121 Å². The summed E-state index contributed by atoms with van der Waals surface area (Å²) >= 11 is 0. The quantitative estimate of drug-likeness (QED) is 0.249. The highest BCUT2D eigenvalue weighted by molar-refractivity contribution is 5.87. The summed E-state index contributed by atoms with van der Waals surface area (Å²) in [4.78, 5) is 35.0. The lowest BCUT2D eigenvalue weighted by Crippen LogP contribution is -2.57. The van der Waals surface area contributed by atoms with E-state index in [4.69, 9.17) is 14.3 Å². The second kappa shape index (κ2) is 13.6. The van der Waals surface area contributed by atoms with Gasteiger partial charge in [0, 0.05) is 12.1 Å². The van der Waals surface area contributed by atoms with Crippen LogP contribution in [0.15, 0.2) is 121 Å². The van der Waals surface area contributed by atoms with E-state index in [0.717, 1.165) is 22.3 Å². The van der Waals surface area contributed by atoms with Gasteiger partial charge in [0.2, 0.25) is 5.91 Å². The Hall–Kier alpha value is -4.54. The molecule has 9 nitrogen and oxygen atoms in total. The average molecular weight is 579 g/mol. The highest BCUT2D eigenvalue weighted by Gasteiger charge is 2.57. The van der Waals surface area contributed by atoms with Crippen molar-refractivity contribution in [3.8, 4) is 0 Å². The maximum absolute atomic E-state index is 14.1. The average Bonchev–Trinajstić information content (AvgIpc) is 3.61. The predicted molar refractivity (Wildman–Crippen MR) is 159 cm³/mol. The van der Waals surface area contributed by atoms with Crippen molar-refractivity contribution < 1.29 is 23.9 Å². The number of fused-ring (bicyclic) bond motifs is 1. The van der Waals surface area contributed by atoms with Crippen LogP contribution in [0.1, 0.15) is 28.5 Å². The summed E-state index contributed by atoms with van der Waals surface area (Å²) in [6.07, 6.45) is -1.23. The molecule has 0 unspecified atom stereocenters. The molecule has 2 N–H and O–H groups in total. The zero-order valence-corrected chi connectivity index (χ0v) is 23.6. The number of nitrogens with one attached hydrogen (secondary N) is 2. The Balaban J connectivity index is 1.26. The maximum Gasteiger partial charge on any atom is 0.421 e. The molecule has 2 aliphatic rings. The first-order chi connectivity index (χ1) is 21.2. The lowest BCUT2D eigenvalue weighted by molar-refractivity contribution is -0.211. The van der Waals surface area contributed by atoms with Gasteiger partial charge in [-0.3, -0.25) is 15.1 Å². The molecular weight excluding hydrogens is 544 g/mol. The number of carbonyl (C=O) groups excluding carboxylic acids is 2. The molecule has 2 heterocycles. The molecule has 0 bridgehead atoms. The zero-order valence-electron chi connectivity index (χ0n) is 23.6. The molecule has 0 aliphatic carbocycles. The van der Waals surface area contributed by atoms with Gasteiger partial charge in [-0.05, 0) is 16.7 Å². The minimum Gasteiger partial charge on any atom is -0.444 e. The van der Waals surface area contributed by atoms with Crippen LogP contribution in [-0.2, 0) is 38.9 Å². The number of hydrogen-bond acceptors (Lipinski definition) is 7. The van der Waals surface area contributed by atoms with Gasteiger partial charge < -0.3 is 14.4 Å². The van der Waals surface area contributed by atoms with Crippen LogP contribution >= 0.6 is 0 Å². The molecule has 220 valence electrons. The van der Waals surface area contributed by atoms with Gasteiger partial charge in [0.15, 0.2) is 6.23 Å². The van der Waals surface area contributed by atoms with Gasteiger partial charge in [-0.15, -0.1) is 0 Å². The van der Waals surface area contributed by atoms with E-state index in [2.05, 4.69) is 10.9 Å². The fraction of sp³-hybridized carbons (Fsp3) is 0.235. The van der Waals surface area contributed by atoms with Crippen molar-refractivity contribution in [3.63, 3.8) is 0 Å². The number of nitrogens with zero attached hydrogens (tertiary/aromatic N) is 2. The van der Waals surface area contributed by atoms with Crippen molar-refractivity contribution in [3.05, 3.63) is 144 Å². The molecule has 9 heteroatoms. The van der Waals surface area contributed by atoms with Crippen molar-refractivity contribution in [1.82, 2.24) is 20.8 Å². The Labute approximate surface area is 250 Å². The monoisotopic (exact) mass is 578 g/mol. The second-order valence-corrected chi connectivity index (χ2v) is 10.5. The fourth-order valence-electron chi connectivity index (χ4n) is 5.60. The number of hydrogen-bond donors (Lipinski definition) is 2. The highest BCUT2D eigenvalue weighted by Crippen LogP contribution is 2.40. The minimum atomic E-state index is -0.830. The van der Waals surface area contributed by atoms with Crippen LogP contribution in [0.4, 0.5) is 4.79 Å². The number of hydrazine groups is 1. The Morgan fingerprint density at radius 1 is 0.791 bits per heavy atom. The third-order valence-electron chi connectivity index (χ3n) is 7.67. The van der Waals surface area contributed by atoms with Crippen LogP contribution < -0.4 is 10.9 Å². The van der Waals surface area contributed by atoms with Gasteiger partial charge in [0.1, 0.15) is 12.6 Å². The molecule has 0 aromatic heterocycles. The van der Waals surface area contributed by atoms with Crippen LogP contribution in [0.3, 0.4) is 0 Å². The molecule has 0 spiro atoms. The third kappa shape index (κ3) is 6.76. The Kier molecular flexibility index (Phi) is 9.05.